The summed E-state index contributed by atoms with van der Waals surface area (Å²) in [4.78, 5) is 8.14. The van der Waals surface area contributed by atoms with E-state index in [1.165, 1.54) is 0 Å². The third-order valence-electron chi connectivity index (χ3n) is 10.9. The maximum absolute atomic E-state index is 17.5. The Labute approximate surface area is 329 Å². The van der Waals surface area contributed by atoms with Gasteiger partial charge in [-0.2, -0.15) is 0 Å². The van der Waals surface area contributed by atoms with Gasteiger partial charge in [-0.15, -0.1) is 0 Å². The van der Waals surface area contributed by atoms with Crippen LogP contribution in [0.25, 0.3) is 0 Å². The Bertz CT molecular complexity index is 2050. The van der Waals surface area contributed by atoms with Crippen molar-refractivity contribution >= 4 is 32.6 Å². The summed E-state index contributed by atoms with van der Waals surface area (Å²) >= 11 is 0. The molecule has 0 saturated heterocycles. The summed E-state index contributed by atoms with van der Waals surface area (Å²) in [6.45, 7) is 4.07. The second-order valence-electron chi connectivity index (χ2n) is 15.4. The van der Waals surface area contributed by atoms with Crippen molar-refractivity contribution in [2.45, 2.75) is 23.3 Å². The van der Waals surface area contributed by atoms with Gasteiger partial charge in [0, 0.05) is 79.1 Å². The molecule has 55 heavy (non-hydrogen) atoms. The van der Waals surface area contributed by atoms with Crippen molar-refractivity contribution < 1.29 is 8.42 Å². The molecule has 0 aliphatic heterocycles. The molecule has 0 N–H and O–H groups in total. The molecule has 284 valence electrons. The van der Waals surface area contributed by atoms with E-state index in [-0.39, 0.29) is 0 Å². The molecule has 7 heteroatoms. The molecule has 0 spiro atoms. The van der Waals surface area contributed by atoms with Gasteiger partial charge in [-0.1, -0.05) is 108 Å². The molecule has 0 aromatic heterocycles. The van der Waals surface area contributed by atoms with Crippen LogP contribution >= 0.6 is 0 Å². The lowest BCUT2D eigenvalue weighted by molar-refractivity contribution is 0.547. The van der Waals surface area contributed by atoms with Gasteiger partial charge in [0.05, 0.1) is 0 Å². The van der Waals surface area contributed by atoms with Crippen LogP contribution in [0.5, 0.6) is 0 Å². The number of hydrogen-bond acceptors (Lipinski definition) is 6. The van der Waals surface area contributed by atoms with Crippen molar-refractivity contribution in [1.29, 1.82) is 0 Å². The van der Waals surface area contributed by atoms with Crippen LogP contribution in [0.4, 0.5) is 22.7 Å². The highest BCUT2D eigenvalue weighted by molar-refractivity contribution is 7.94. The normalized spacial score (nSPS) is 12.0. The fraction of sp³-hybridized carbons (Fsp3) is 0.250. The Morgan fingerprint density at radius 2 is 0.473 bits per heavy atom. The van der Waals surface area contributed by atoms with E-state index >= 15 is 8.42 Å². The van der Waals surface area contributed by atoms with Gasteiger partial charge in [0.2, 0.25) is 0 Å². The van der Waals surface area contributed by atoms with E-state index in [1.807, 2.05) is 235 Å². The smallest absolute Gasteiger partial charge is 0.186 e. The van der Waals surface area contributed by atoms with Crippen molar-refractivity contribution in [2.75, 3.05) is 76.0 Å². The third kappa shape index (κ3) is 6.76. The molecule has 0 aliphatic rings. The van der Waals surface area contributed by atoms with Crippen molar-refractivity contribution in [3.05, 3.63) is 190 Å². The second-order valence-corrected chi connectivity index (χ2v) is 17.6. The lowest BCUT2D eigenvalue weighted by Gasteiger charge is -2.45. The third-order valence-corrected chi connectivity index (χ3v) is 13.9. The van der Waals surface area contributed by atoms with Crippen molar-refractivity contribution in [2.24, 2.45) is 0 Å². The Kier molecular flexibility index (Phi) is 10.9. The van der Waals surface area contributed by atoms with Crippen LogP contribution in [0.15, 0.2) is 146 Å². The molecule has 0 heterocycles. The van der Waals surface area contributed by atoms with Crippen LogP contribution < -0.4 is 19.6 Å². The molecule has 0 aliphatic carbocycles. The van der Waals surface area contributed by atoms with Crippen molar-refractivity contribution in [1.82, 2.24) is 0 Å². The first-order valence-electron chi connectivity index (χ1n) is 18.6. The van der Waals surface area contributed by atoms with Gasteiger partial charge >= 0.3 is 0 Å². The maximum atomic E-state index is 17.5. The summed E-state index contributed by atoms with van der Waals surface area (Å²) in [6, 6.07) is 48.2. The Hall–Kier alpha value is -5.53. The number of anilines is 4. The van der Waals surface area contributed by atoms with Gasteiger partial charge in [-0.3, -0.25) is 0 Å². The van der Waals surface area contributed by atoms with Crippen molar-refractivity contribution in [3.63, 3.8) is 0 Å². The molecule has 0 saturated carbocycles. The monoisotopic (exact) mass is 750 g/mol. The van der Waals surface area contributed by atoms with Crippen LogP contribution in [0.1, 0.15) is 44.5 Å². The molecule has 0 amide bonds. The minimum Gasteiger partial charge on any atom is -0.378 e. The van der Waals surface area contributed by atoms with Gasteiger partial charge in [0.1, 0.15) is 9.49 Å². The molecule has 6 aromatic carbocycles. The van der Waals surface area contributed by atoms with E-state index < -0.39 is 19.3 Å². The fourth-order valence-corrected chi connectivity index (χ4v) is 10.9. The molecule has 0 atom stereocenters. The van der Waals surface area contributed by atoms with Gasteiger partial charge in [-0.25, -0.2) is 8.42 Å². The highest BCUT2D eigenvalue weighted by atomic mass is 32.2. The molecular formula is C48H54N4O2S. The Morgan fingerprint density at radius 3 is 0.636 bits per heavy atom. The molecule has 0 unspecified atom stereocenters. The second kappa shape index (κ2) is 15.3. The van der Waals surface area contributed by atoms with Gasteiger partial charge < -0.3 is 19.6 Å². The Balaban J connectivity index is 1.88. The predicted octanol–water partition coefficient (Wildman–Crippen LogP) is 9.27. The first-order valence-corrected chi connectivity index (χ1v) is 20.1. The SMILES string of the molecule is Cc1ccc(C(c2ccc(N(C)C)cc2)(c2ccc(N(C)C)cc2)S(=O)(=O)C(c2ccc(C)cc2)(c2ccc(N(C)C)cc2)c2ccc(N(C)C)cc2)cc1. The first-order chi connectivity index (χ1) is 26.1. The molecular weight excluding hydrogens is 697 g/mol. The van der Waals surface area contributed by atoms with E-state index in [0.29, 0.717) is 33.4 Å². The first kappa shape index (κ1) is 39.2. The van der Waals surface area contributed by atoms with Crippen LogP contribution in [-0.4, -0.2) is 64.8 Å². The van der Waals surface area contributed by atoms with E-state index in [1.54, 1.807) is 0 Å². The largest absolute Gasteiger partial charge is 0.378 e. The van der Waals surface area contributed by atoms with Crippen LogP contribution in [0.3, 0.4) is 0 Å². The van der Waals surface area contributed by atoms with Gasteiger partial charge in [0.25, 0.3) is 0 Å². The number of nitrogens with zero attached hydrogens (tertiary/aromatic N) is 4. The number of rotatable bonds is 12. The number of aryl methyl sites for hydroxylation is 2. The topological polar surface area (TPSA) is 47.1 Å². The molecule has 0 bridgehead atoms. The van der Waals surface area contributed by atoms with Crippen LogP contribution in [0, 0.1) is 13.8 Å². The predicted molar refractivity (Wildman–Crippen MR) is 234 cm³/mol. The van der Waals surface area contributed by atoms with Crippen molar-refractivity contribution in [3.8, 4) is 0 Å². The molecule has 6 nitrogen and oxygen atoms in total. The van der Waals surface area contributed by atoms with E-state index in [0.717, 1.165) is 33.9 Å². The zero-order valence-electron chi connectivity index (χ0n) is 33.9. The lowest BCUT2D eigenvalue weighted by Crippen LogP contribution is -2.51. The quantitative estimate of drug-likeness (QED) is 0.116. The van der Waals surface area contributed by atoms with Crippen LogP contribution in [-0.2, 0) is 19.3 Å². The summed E-state index contributed by atoms with van der Waals surface area (Å²) in [5.74, 6) is 0. The number of benzene rings is 6. The summed E-state index contributed by atoms with van der Waals surface area (Å²) < 4.78 is 31.6. The summed E-state index contributed by atoms with van der Waals surface area (Å²) in [7, 11) is 11.5. The summed E-state index contributed by atoms with van der Waals surface area (Å²) in [5.41, 5.74) is 9.97. The minimum absolute atomic E-state index is 0.658. The van der Waals surface area contributed by atoms with Gasteiger partial charge in [0.15, 0.2) is 9.84 Å². The highest BCUT2D eigenvalue weighted by Gasteiger charge is 2.61. The molecule has 0 fully saturated rings. The standard InChI is InChI=1S/C48H54N4O2S/c1-35-11-15-37(16-12-35)47(39-19-27-43(28-20-39)49(3)4,40-21-29-44(30-22-40)50(5)6)55(53,54)48(38-17-13-36(2)14-18-38,41-23-31-45(32-24-41)51(7)8)42-25-33-46(34-26-42)52(9)10/h11-34H,1-10H3. The van der Waals surface area contributed by atoms with E-state index in [4.69, 9.17) is 0 Å². The maximum Gasteiger partial charge on any atom is 0.186 e. The number of sulfone groups is 1. The van der Waals surface area contributed by atoms with Crippen LogP contribution in [0.2, 0.25) is 0 Å². The lowest BCUT2D eigenvalue weighted by atomic mass is 9.82. The minimum atomic E-state index is -4.52. The highest BCUT2D eigenvalue weighted by Crippen LogP contribution is 2.57. The Morgan fingerprint density at radius 1 is 0.309 bits per heavy atom. The summed E-state index contributed by atoms with van der Waals surface area (Å²) in [5, 5.41) is 0. The van der Waals surface area contributed by atoms with E-state index in [2.05, 4.69) is 0 Å². The zero-order chi connectivity index (χ0) is 39.7. The molecule has 6 aromatic rings. The summed E-state index contributed by atoms with van der Waals surface area (Å²) in [6.07, 6.45) is 0. The molecule has 6 rings (SSSR count). The number of hydrogen-bond donors (Lipinski definition) is 0. The average molecular weight is 751 g/mol. The molecule has 0 radical (unpaired) electrons. The van der Waals surface area contributed by atoms with Gasteiger partial charge in [-0.05, 0) is 95.8 Å². The fourth-order valence-electron chi connectivity index (χ4n) is 7.71. The van der Waals surface area contributed by atoms with E-state index in [9.17, 15) is 0 Å². The average Bonchev–Trinajstić information content (AvgIpc) is 3.17. The zero-order valence-corrected chi connectivity index (χ0v) is 34.7.